The van der Waals surface area contributed by atoms with Crippen LogP contribution in [0.5, 0.6) is 0 Å². The van der Waals surface area contributed by atoms with E-state index in [0.29, 0.717) is 17.8 Å². The number of rotatable bonds is 3. The van der Waals surface area contributed by atoms with Crippen LogP contribution in [-0.2, 0) is 0 Å². The Kier molecular flexibility index (Phi) is 4.03. The molecular weight excluding hydrogens is 240 g/mol. The second kappa shape index (κ2) is 5.72. The van der Waals surface area contributed by atoms with Gasteiger partial charge in [0.05, 0.1) is 17.2 Å². The van der Waals surface area contributed by atoms with Crippen LogP contribution in [0.15, 0.2) is 24.3 Å². The summed E-state index contributed by atoms with van der Waals surface area (Å²) < 4.78 is 0. The van der Waals surface area contributed by atoms with Crippen LogP contribution in [0.25, 0.3) is 0 Å². The van der Waals surface area contributed by atoms with E-state index in [1.165, 1.54) is 0 Å². The number of carbonyl (C=O) groups excluding carboxylic acids is 1. The summed E-state index contributed by atoms with van der Waals surface area (Å²) in [4.78, 5) is 11.9. The average molecular weight is 258 g/mol. The molecule has 1 fully saturated rings. The van der Waals surface area contributed by atoms with Crippen molar-refractivity contribution in [2.24, 2.45) is 5.73 Å². The normalized spacial score (nSPS) is 16.6. The summed E-state index contributed by atoms with van der Waals surface area (Å²) in [6.45, 7) is 0.466. The van der Waals surface area contributed by atoms with Crippen molar-refractivity contribution in [2.75, 3.05) is 11.9 Å². The second-order valence-corrected chi connectivity index (χ2v) is 4.96. The van der Waals surface area contributed by atoms with Crippen molar-refractivity contribution >= 4 is 11.7 Å². The van der Waals surface area contributed by atoms with Crippen LogP contribution in [0.3, 0.4) is 0 Å². The standard InChI is InChI=1S/C14H18N4O/c15-9-11-3-5-12(6-4-11)17-13(19)18-14(10-16)7-1-2-8-14/h3-6H,1-2,7-8,10,16H2,(H2,17,18,19). The fraction of sp³-hybridized carbons (Fsp3) is 0.429. The van der Waals surface area contributed by atoms with E-state index in [-0.39, 0.29) is 11.6 Å². The molecule has 0 radical (unpaired) electrons. The number of anilines is 1. The topological polar surface area (TPSA) is 90.9 Å². The Bertz CT molecular complexity index is 483. The number of hydrogen-bond donors (Lipinski definition) is 3. The van der Waals surface area contributed by atoms with Crippen molar-refractivity contribution in [1.29, 1.82) is 5.26 Å². The zero-order valence-electron chi connectivity index (χ0n) is 10.8. The summed E-state index contributed by atoms with van der Waals surface area (Å²) in [7, 11) is 0. The quantitative estimate of drug-likeness (QED) is 0.773. The monoisotopic (exact) mass is 258 g/mol. The molecule has 1 aliphatic carbocycles. The summed E-state index contributed by atoms with van der Waals surface area (Å²) in [5, 5.41) is 14.4. The number of nitriles is 1. The van der Waals surface area contributed by atoms with Gasteiger partial charge in [0, 0.05) is 12.2 Å². The van der Waals surface area contributed by atoms with Crippen LogP contribution < -0.4 is 16.4 Å². The third kappa shape index (κ3) is 3.24. The molecule has 2 rings (SSSR count). The highest BCUT2D eigenvalue weighted by Gasteiger charge is 2.33. The molecule has 0 saturated heterocycles. The maximum Gasteiger partial charge on any atom is 0.319 e. The van der Waals surface area contributed by atoms with E-state index in [9.17, 15) is 4.79 Å². The molecule has 19 heavy (non-hydrogen) atoms. The highest BCUT2D eigenvalue weighted by molar-refractivity contribution is 5.89. The van der Waals surface area contributed by atoms with Crippen molar-refractivity contribution in [1.82, 2.24) is 5.32 Å². The van der Waals surface area contributed by atoms with Crippen molar-refractivity contribution < 1.29 is 4.79 Å². The minimum atomic E-state index is -0.253. The predicted molar refractivity (Wildman–Crippen MR) is 73.6 cm³/mol. The van der Waals surface area contributed by atoms with Crippen molar-refractivity contribution in [2.45, 2.75) is 31.2 Å². The van der Waals surface area contributed by atoms with Crippen molar-refractivity contribution in [3.8, 4) is 6.07 Å². The molecule has 1 aliphatic rings. The fourth-order valence-corrected chi connectivity index (χ4v) is 2.46. The van der Waals surface area contributed by atoms with Crippen molar-refractivity contribution in [3.63, 3.8) is 0 Å². The molecular formula is C14H18N4O. The van der Waals surface area contributed by atoms with Gasteiger partial charge in [0.2, 0.25) is 0 Å². The Morgan fingerprint density at radius 2 is 1.95 bits per heavy atom. The first kappa shape index (κ1) is 13.4. The summed E-state index contributed by atoms with van der Waals surface area (Å²) in [6.07, 6.45) is 4.08. The van der Waals surface area contributed by atoms with Crippen LogP contribution in [0, 0.1) is 11.3 Å². The van der Waals surface area contributed by atoms with Gasteiger partial charge in [-0.25, -0.2) is 4.79 Å². The maximum atomic E-state index is 11.9. The number of benzene rings is 1. The van der Waals surface area contributed by atoms with E-state index in [1.54, 1.807) is 24.3 Å². The van der Waals surface area contributed by atoms with Gasteiger partial charge >= 0.3 is 6.03 Å². The number of nitrogens with one attached hydrogen (secondary N) is 2. The minimum Gasteiger partial charge on any atom is -0.331 e. The first-order valence-corrected chi connectivity index (χ1v) is 6.47. The van der Waals surface area contributed by atoms with Crippen LogP contribution in [0.2, 0.25) is 0 Å². The van der Waals surface area contributed by atoms with E-state index in [4.69, 9.17) is 11.0 Å². The number of carbonyl (C=O) groups is 1. The van der Waals surface area contributed by atoms with Gasteiger partial charge in [-0.3, -0.25) is 0 Å². The highest BCUT2D eigenvalue weighted by atomic mass is 16.2. The molecule has 0 aliphatic heterocycles. The zero-order chi connectivity index (χ0) is 13.7. The summed E-state index contributed by atoms with van der Waals surface area (Å²) in [5.74, 6) is 0. The molecule has 1 aromatic carbocycles. The Labute approximate surface area is 112 Å². The SMILES string of the molecule is N#Cc1ccc(NC(=O)NC2(CN)CCCC2)cc1. The largest absolute Gasteiger partial charge is 0.331 e. The Morgan fingerprint density at radius 3 is 2.47 bits per heavy atom. The first-order valence-electron chi connectivity index (χ1n) is 6.47. The first-order chi connectivity index (χ1) is 9.17. The van der Waals surface area contributed by atoms with E-state index >= 15 is 0 Å². The lowest BCUT2D eigenvalue weighted by Gasteiger charge is -2.28. The second-order valence-electron chi connectivity index (χ2n) is 4.96. The lowest BCUT2D eigenvalue weighted by molar-refractivity contribution is 0.237. The molecule has 0 spiro atoms. The molecule has 0 heterocycles. The van der Waals surface area contributed by atoms with Crippen molar-refractivity contribution in [3.05, 3.63) is 29.8 Å². The van der Waals surface area contributed by atoms with Gasteiger partial charge in [0.1, 0.15) is 0 Å². The molecule has 0 bridgehead atoms. The van der Waals surface area contributed by atoms with Gasteiger partial charge in [0.15, 0.2) is 0 Å². The maximum absolute atomic E-state index is 11.9. The van der Waals surface area contributed by atoms with Crippen LogP contribution in [0.4, 0.5) is 10.5 Å². The van der Waals surface area contributed by atoms with Gasteiger partial charge in [0.25, 0.3) is 0 Å². The summed E-state index contributed by atoms with van der Waals surface area (Å²) in [5.41, 5.74) is 6.75. The van der Waals surface area contributed by atoms with Gasteiger partial charge in [-0.15, -0.1) is 0 Å². The molecule has 0 atom stereocenters. The van der Waals surface area contributed by atoms with E-state index in [2.05, 4.69) is 10.6 Å². The molecule has 1 aromatic rings. The molecule has 4 N–H and O–H groups in total. The van der Waals surface area contributed by atoms with Gasteiger partial charge in [-0.1, -0.05) is 12.8 Å². The lowest BCUT2D eigenvalue weighted by atomic mass is 9.98. The molecule has 5 nitrogen and oxygen atoms in total. The molecule has 2 amide bonds. The van der Waals surface area contributed by atoms with Gasteiger partial charge in [-0.2, -0.15) is 5.26 Å². The smallest absolute Gasteiger partial charge is 0.319 e. The molecule has 1 saturated carbocycles. The zero-order valence-corrected chi connectivity index (χ0v) is 10.8. The van der Waals surface area contributed by atoms with Crippen LogP contribution in [0.1, 0.15) is 31.2 Å². The van der Waals surface area contributed by atoms with E-state index in [0.717, 1.165) is 25.7 Å². The fourth-order valence-electron chi connectivity index (χ4n) is 2.46. The summed E-state index contributed by atoms with van der Waals surface area (Å²) >= 11 is 0. The highest BCUT2D eigenvalue weighted by Crippen LogP contribution is 2.28. The molecule has 0 aromatic heterocycles. The predicted octanol–water partition coefficient (Wildman–Crippen LogP) is 1.95. The Balaban J connectivity index is 1.95. The number of urea groups is 1. The summed E-state index contributed by atoms with van der Waals surface area (Å²) in [6, 6.07) is 8.56. The van der Waals surface area contributed by atoms with Crippen LogP contribution >= 0.6 is 0 Å². The van der Waals surface area contributed by atoms with Gasteiger partial charge < -0.3 is 16.4 Å². The molecule has 100 valence electrons. The third-order valence-corrected chi connectivity index (χ3v) is 3.60. The number of hydrogen-bond acceptors (Lipinski definition) is 3. The minimum absolute atomic E-state index is 0.239. The van der Waals surface area contributed by atoms with E-state index in [1.807, 2.05) is 6.07 Å². The number of nitrogens with two attached hydrogens (primary N) is 1. The van der Waals surface area contributed by atoms with Crippen LogP contribution in [-0.4, -0.2) is 18.1 Å². The Morgan fingerprint density at radius 1 is 1.32 bits per heavy atom. The third-order valence-electron chi connectivity index (χ3n) is 3.60. The molecule has 5 heteroatoms. The number of amides is 2. The van der Waals surface area contributed by atoms with E-state index < -0.39 is 0 Å². The van der Waals surface area contributed by atoms with Gasteiger partial charge in [-0.05, 0) is 37.1 Å². The average Bonchev–Trinajstić information content (AvgIpc) is 2.88. The Hall–Kier alpha value is -2.06. The lowest BCUT2D eigenvalue weighted by Crippen LogP contribution is -2.53. The molecule has 0 unspecified atom stereocenters. The number of nitrogens with zero attached hydrogens (tertiary/aromatic N) is 1.